The Balaban J connectivity index is 2.32. The van der Waals surface area contributed by atoms with Crippen molar-refractivity contribution in [3.8, 4) is 5.75 Å². The first kappa shape index (κ1) is 25.1. The maximum atomic E-state index is 14.6. The van der Waals surface area contributed by atoms with E-state index in [-0.39, 0.29) is 22.8 Å². The van der Waals surface area contributed by atoms with Crippen molar-refractivity contribution in [3.05, 3.63) is 53.6 Å². The average molecular weight is 456 g/mol. The predicted octanol–water partition coefficient (Wildman–Crippen LogP) is 3.63. The number of rotatable bonds is 8. The number of aliphatic hydroxyl groups excluding tert-OH is 1. The fourth-order valence-corrected chi connectivity index (χ4v) is 2.87. The van der Waals surface area contributed by atoms with Crippen molar-refractivity contribution in [1.29, 1.82) is 0 Å². The van der Waals surface area contributed by atoms with E-state index in [9.17, 15) is 27.5 Å². The molecule has 2 atom stereocenters. The number of nitrogens with zero attached hydrogens (tertiary/aromatic N) is 2. The molecule has 0 fully saturated rings. The topological polar surface area (TPSA) is 110 Å². The standard InChI is InChI=1S/C21H24F4N4O3/c1-12(9-21(23,24)25)18(26)29-20(2,11-30)15-8-13(4-6-16(15)22)28-19(31)17-7-5-14(32-3)10-27-17/h4-8,10,12,30H,9,11H2,1-3H3,(H2,26,29)(H,28,31). The molecule has 7 nitrogen and oxygen atoms in total. The van der Waals surface area contributed by atoms with E-state index in [1.54, 1.807) is 6.07 Å². The molecule has 0 saturated carbocycles. The lowest BCUT2D eigenvalue weighted by atomic mass is 9.92. The number of anilines is 1. The van der Waals surface area contributed by atoms with Gasteiger partial charge in [0.2, 0.25) is 0 Å². The number of halogens is 4. The fraction of sp³-hybridized carbons (Fsp3) is 0.381. The van der Waals surface area contributed by atoms with E-state index in [2.05, 4.69) is 15.3 Å². The van der Waals surface area contributed by atoms with Gasteiger partial charge in [0.15, 0.2) is 0 Å². The number of pyridine rings is 1. The highest BCUT2D eigenvalue weighted by Gasteiger charge is 2.34. The number of aliphatic hydroxyl groups is 1. The number of alkyl halides is 3. The van der Waals surface area contributed by atoms with Gasteiger partial charge in [0.1, 0.15) is 22.8 Å². The summed E-state index contributed by atoms with van der Waals surface area (Å²) in [4.78, 5) is 20.4. The van der Waals surface area contributed by atoms with Crippen molar-refractivity contribution in [2.75, 3.05) is 19.0 Å². The van der Waals surface area contributed by atoms with Gasteiger partial charge >= 0.3 is 6.18 Å². The molecule has 32 heavy (non-hydrogen) atoms. The van der Waals surface area contributed by atoms with Crippen molar-refractivity contribution >= 4 is 17.4 Å². The summed E-state index contributed by atoms with van der Waals surface area (Å²) in [6.45, 7) is 1.83. The molecule has 174 valence electrons. The molecule has 1 aromatic carbocycles. The maximum absolute atomic E-state index is 14.6. The first-order valence-electron chi connectivity index (χ1n) is 9.53. The smallest absolute Gasteiger partial charge is 0.389 e. The van der Waals surface area contributed by atoms with Gasteiger partial charge in [-0.05, 0) is 37.3 Å². The third-order valence-electron chi connectivity index (χ3n) is 4.74. The SMILES string of the molecule is COc1ccc(C(=O)Nc2ccc(F)c(C(C)(CO)N=C(N)C(C)CC(F)(F)F)c2)nc1. The summed E-state index contributed by atoms with van der Waals surface area (Å²) in [7, 11) is 1.45. The van der Waals surface area contributed by atoms with Crippen LogP contribution in [-0.4, -0.2) is 41.7 Å². The Labute approximate surface area is 182 Å². The summed E-state index contributed by atoms with van der Waals surface area (Å²) in [5, 5.41) is 12.4. The molecule has 1 heterocycles. The van der Waals surface area contributed by atoms with E-state index in [4.69, 9.17) is 10.5 Å². The van der Waals surface area contributed by atoms with Gasteiger partial charge in [-0.2, -0.15) is 13.2 Å². The van der Waals surface area contributed by atoms with Crippen LogP contribution in [0.15, 0.2) is 41.5 Å². The number of ether oxygens (including phenoxy) is 1. The molecule has 0 aliphatic carbocycles. The molecular formula is C21H24F4N4O3. The summed E-state index contributed by atoms with van der Waals surface area (Å²) >= 11 is 0. The molecule has 0 bridgehead atoms. The van der Waals surface area contributed by atoms with Crippen molar-refractivity contribution < 1.29 is 32.2 Å². The summed E-state index contributed by atoms with van der Waals surface area (Å²) in [6, 6.07) is 6.55. The second kappa shape index (κ2) is 9.94. The van der Waals surface area contributed by atoms with Gasteiger partial charge in [-0.3, -0.25) is 9.79 Å². The third-order valence-corrected chi connectivity index (χ3v) is 4.74. The Morgan fingerprint density at radius 3 is 2.53 bits per heavy atom. The molecule has 0 radical (unpaired) electrons. The molecule has 0 saturated heterocycles. The molecule has 1 amide bonds. The van der Waals surface area contributed by atoms with Crippen LogP contribution in [0.1, 0.15) is 36.3 Å². The van der Waals surface area contributed by atoms with E-state index in [1.807, 2.05) is 0 Å². The van der Waals surface area contributed by atoms with Crippen LogP contribution in [0.4, 0.5) is 23.2 Å². The molecule has 2 rings (SSSR count). The van der Waals surface area contributed by atoms with Crippen LogP contribution in [0.5, 0.6) is 5.75 Å². The number of hydrogen-bond donors (Lipinski definition) is 3. The molecular weight excluding hydrogens is 432 g/mol. The van der Waals surface area contributed by atoms with Crippen LogP contribution in [0.3, 0.4) is 0 Å². The number of methoxy groups -OCH3 is 1. The zero-order chi connectivity index (χ0) is 24.1. The number of aliphatic imine (C=N–C) groups is 1. The van der Waals surface area contributed by atoms with E-state index >= 15 is 0 Å². The van der Waals surface area contributed by atoms with Gasteiger partial charge in [0, 0.05) is 17.2 Å². The van der Waals surface area contributed by atoms with Crippen molar-refractivity contribution in [1.82, 2.24) is 4.98 Å². The number of nitrogens with two attached hydrogens (primary N) is 1. The minimum atomic E-state index is -4.46. The monoisotopic (exact) mass is 456 g/mol. The summed E-state index contributed by atoms with van der Waals surface area (Å²) in [5.41, 5.74) is 4.14. The number of aromatic nitrogens is 1. The van der Waals surface area contributed by atoms with Crippen LogP contribution in [0, 0.1) is 11.7 Å². The minimum Gasteiger partial charge on any atom is -0.495 e. The number of amides is 1. The second-order valence-corrected chi connectivity index (χ2v) is 7.42. The Bertz CT molecular complexity index is 980. The normalized spacial score (nSPS) is 15.1. The van der Waals surface area contributed by atoms with E-state index in [1.165, 1.54) is 45.4 Å². The zero-order valence-electron chi connectivity index (χ0n) is 17.7. The number of amidine groups is 1. The Hall–Kier alpha value is -3.21. The van der Waals surface area contributed by atoms with Crippen LogP contribution in [0.2, 0.25) is 0 Å². The number of hydrogen-bond acceptors (Lipinski definition) is 5. The Morgan fingerprint density at radius 1 is 1.31 bits per heavy atom. The molecule has 0 spiro atoms. The van der Waals surface area contributed by atoms with E-state index < -0.39 is 42.4 Å². The van der Waals surface area contributed by atoms with Crippen LogP contribution in [0.25, 0.3) is 0 Å². The highest BCUT2D eigenvalue weighted by atomic mass is 19.4. The lowest BCUT2D eigenvalue weighted by Gasteiger charge is -2.26. The van der Waals surface area contributed by atoms with Crippen molar-refractivity contribution in [3.63, 3.8) is 0 Å². The zero-order valence-corrected chi connectivity index (χ0v) is 17.7. The number of nitrogens with one attached hydrogen (secondary N) is 1. The highest BCUT2D eigenvalue weighted by Crippen LogP contribution is 2.32. The Kier molecular flexibility index (Phi) is 7.78. The molecule has 0 aliphatic heterocycles. The van der Waals surface area contributed by atoms with Gasteiger partial charge < -0.3 is 20.9 Å². The molecule has 11 heteroatoms. The van der Waals surface area contributed by atoms with Crippen LogP contribution >= 0.6 is 0 Å². The first-order chi connectivity index (χ1) is 14.9. The van der Waals surface area contributed by atoms with Crippen molar-refractivity contribution in [2.24, 2.45) is 16.6 Å². The lowest BCUT2D eigenvalue weighted by Crippen LogP contribution is -2.33. The molecule has 4 N–H and O–H groups in total. The van der Waals surface area contributed by atoms with Crippen LogP contribution in [-0.2, 0) is 5.54 Å². The highest BCUT2D eigenvalue weighted by molar-refractivity contribution is 6.02. The second-order valence-electron chi connectivity index (χ2n) is 7.42. The molecule has 2 unspecified atom stereocenters. The quantitative estimate of drug-likeness (QED) is 0.319. The number of carbonyl (C=O) groups is 1. The minimum absolute atomic E-state index is 0.0739. The average Bonchev–Trinajstić information content (AvgIpc) is 2.73. The number of carbonyl (C=O) groups excluding carboxylic acids is 1. The van der Waals surface area contributed by atoms with Gasteiger partial charge in [-0.1, -0.05) is 6.92 Å². The summed E-state index contributed by atoms with van der Waals surface area (Å²) in [5.74, 6) is -2.46. The van der Waals surface area contributed by atoms with Crippen molar-refractivity contribution in [2.45, 2.75) is 32.0 Å². The fourth-order valence-electron chi connectivity index (χ4n) is 2.87. The van der Waals surface area contributed by atoms with Gasteiger partial charge in [0.05, 0.1) is 32.2 Å². The number of benzene rings is 1. The summed E-state index contributed by atoms with van der Waals surface area (Å²) in [6.07, 6.45) is -4.31. The third kappa shape index (κ3) is 6.39. The molecule has 2 aromatic rings. The van der Waals surface area contributed by atoms with E-state index in [0.29, 0.717) is 5.75 Å². The molecule has 1 aromatic heterocycles. The maximum Gasteiger partial charge on any atom is 0.389 e. The largest absolute Gasteiger partial charge is 0.495 e. The van der Waals surface area contributed by atoms with Gasteiger partial charge in [-0.25, -0.2) is 9.37 Å². The van der Waals surface area contributed by atoms with Gasteiger partial charge in [0.25, 0.3) is 5.91 Å². The lowest BCUT2D eigenvalue weighted by molar-refractivity contribution is -0.139. The summed E-state index contributed by atoms with van der Waals surface area (Å²) < 4.78 is 57.5. The first-order valence-corrected chi connectivity index (χ1v) is 9.53. The Morgan fingerprint density at radius 2 is 2.00 bits per heavy atom. The van der Waals surface area contributed by atoms with Crippen LogP contribution < -0.4 is 15.8 Å². The van der Waals surface area contributed by atoms with E-state index in [0.717, 1.165) is 6.07 Å². The van der Waals surface area contributed by atoms with Gasteiger partial charge in [-0.15, -0.1) is 0 Å². The molecule has 0 aliphatic rings. The predicted molar refractivity (Wildman–Crippen MR) is 111 cm³/mol.